The Labute approximate surface area is 297 Å². The van der Waals surface area contributed by atoms with Crippen molar-refractivity contribution in [3.8, 4) is 45.3 Å². The van der Waals surface area contributed by atoms with Gasteiger partial charge in [0.2, 0.25) is 0 Å². The molecule has 0 bridgehead atoms. The molecule has 8 aromatic carbocycles. The van der Waals surface area contributed by atoms with E-state index in [0.717, 1.165) is 93.2 Å². The van der Waals surface area contributed by atoms with Gasteiger partial charge in [0.25, 0.3) is 0 Å². The first-order valence-corrected chi connectivity index (χ1v) is 17.3. The van der Waals surface area contributed by atoms with Gasteiger partial charge >= 0.3 is 0 Å². The molecular weight excluding hydrogens is 639 g/mol. The summed E-state index contributed by atoms with van der Waals surface area (Å²) in [6, 6.07) is 56.2. The van der Waals surface area contributed by atoms with Crippen molar-refractivity contribution in [3.05, 3.63) is 164 Å². The van der Waals surface area contributed by atoms with Crippen LogP contribution in [0.4, 0.5) is 0 Å². The van der Waals surface area contributed by atoms with Crippen LogP contribution in [-0.4, -0.2) is 15.0 Å². The molecule has 0 unspecified atom stereocenters. The van der Waals surface area contributed by atoms with Gasteiger partial charge in [-0.15, -0.1) is 0 Å². The molecular formula is C47H27N3O2. The number of para-hydroxylation sites is 2. The number of aromatic nitrogens is 3. The van der Waals surface area contributed by atoms with Crippen LogP contribution >= 0.6 is 0 Å². The van der Waals surface area contributed by atoms with Gasteiger partial charge in [0.1, 0.15) is 22.3 Å². The Bertz CT molecular complexity index is 3180. The molecule has 0 fully saturated rings. The summed E-state index contributed by atoms with van der Waals surface area (Å²) in [6.07, 6.45) is 0. The Kier molecular flexibility index (Phi) is 6.18. The SMILES string of the molecule is c1ccc(-c2cc(-c3nc(-c4ccccc4)nc(-c4ccc5ccc6ccc7oc8ccccc8c7c6c5c4)n3)c3c(c2)oc2ccccc23)cc1. The Balaban J connectivity index is 1.21. The van der Waals surface area contributed by atoms with Crippen molar-refractivity contribution in [2.75, 3.05) is 0 Å². The zero-order valence-electron chi connectivity index (χ0n) is 27.7. The molecule has 0 N–H and O–H groups in total. The summed E-state index contributed by atoms with van der Waals surface area (Å²) in [5, 5.41) is 8.76. The highest BCUT2D eigenvalue weighted by molar-refractivity contribution is 6.27. The van der Waals surface area contributed by atoms with Crippen LogP contribution in [0, 0.1) is 0 Å². The van der Waals surface area contributed by atoms with E-state index in [0.29, 0.717) is 17.5 Å². The van der Waals surface area contributed by atoms with Gasteiger partial charge in [-0.1, -0.05) is 127 Å². The Morgan fingerprint density at radius 2 is 0.885 bits per heavy atom. The second-order valence-corrected chi connectivity index (χ2v) is 13.2. The van der Waals surface area contributed by atoms with Crippen LogP contribution in [0.5, 0.6) is 0 Å². The Morgan fingerprint density at radius 3 is 1.65 bits per heavy atom. The molecule has 242 valence electrons. The Hall–Kier alpha value is -7.11. The maximum absolute atomic E-state index is 6.48. The van der Waals surface area contributed by atoms with E-state index in [4.69, 9.17) is 23.8 Å². The first-order valence-electron chi connectivity index (χ1n) is 17.3. The van der Waals surface area contributed by atoms with Gasteiger partial charge in [-0.25, -0.2) is 15.0 Å². The van der Waals surface area contributed by atoms with Crippen LogP contribution in [0.1, 0.15) is 0 Å². The molecule has 0 atom stereocenters. The lowest BCUT2D eigenvalue weighted by Crippen LogP contribution is -2.00. The van der Waals surface area contributed by atoms with E-state index in [-0.39, 0.29) is 0 Å². The van der Waals surface area contributed by atoms with E-state index < -0.39 is 0 Å². The molecule has 0 spiro atoms. The fourth-order valence-electron chi connectivity index (χ4n) is 7.67. The van der Waals surface area contributed by atoms with Crippen molar-refractivity contribution in [1.82, 2.24) is 15.0 Å². The molecule has 11 aromatic rings. The van der Waals surface area contributed by atoms with Crippen LogP contribution in [-0.2, 0) is 0 Å². The van der Waals surface area contributed by atoms with Crippen LogP contribution in [0.25, 0.3) is 111 Å². The summed E-state index contributed by atoms with van der Waals surface area (Å²) in [7, 11) is 0. The second kappa shape index (κ2) is 11.2. The second-order valence-electron chi connectivity index (χ2n) is 13.2. The molecule has 0 radical (unpaired) electrons. The third-order valence-corrected chi connectivity index (χ3v) is 10.1. The van der Waals surface area contributed by atoms with Gasteiger partial charge in [-0.05, 0) is 63.7 Å². The summed E-state index contributed by atoms with van der Waals surface area (Å²) >= 11 is 0. The lowest BCUT2D eigenvalue weighted by molar-refractivity contribution is 0.669. The fourth-order valence-corrected chi connectivity index (χ4v) is 7.67. The topological polar surface area (TPSA) is 65.0 Å². The third-order valence-electron chi connectivity index (χ3n) is 10.1. The molecule has 3 heterocycles. The average Bonchev–Trinajstić information content (AvgIpc) is 3.79. The van der Waals surface area contributed by atoms with Gasteiger partial charge in [0.15, 0.2) is 17.5 Å². The van der Waals surface area contributed by atoms with Gasteiger partial charge in [0.05, 0.1) is 0 Å². The first kappa shape index (κ1) is 28.7. The zero-order chi connectivity index (χ0) is 34.2. The highest BCUT2D eigenvalue weighted by Gasteiger charge is 2.20. The fraction of sp³-hybridized carbons (Fsp3) is 0. The number of furan rings is 2. The quantitative estimate of drug-likeness (QED) is 0.175. The molecule has 52 heavy (non-hydrogen) atoms. The first-order chi connectivity index (χ1) is 25.7. The van der Waals surface area contributed by atoms with E-state index in [2.05, 4.69) is 97.1 Å². The molecule has 0 aliphatic heterocycles. The summed E-state index contributed by atoms with van der Waals surface area (Å²) in [4.78, 5) is 15.6. The van der Waals surface area contributed by atoms with Crippen molar-refractivity contribution < 1.29 is 8.83 Å². The standard InChI is InChI=1S/C47H27N3O2/c1-3-11-28(12-4-1)33-26-37(43-34-15-7-9-17-38(34)52-41(43)27-33)47-49-45(31-13-5-2-6-14-31)48-46(50-47)32-22-20-29-19-21-30-23-24-40-44(42(30)36(29)25-32)35-16-8-10-18-39(35)51-40/h1-27H. The number of benzene rings is 8. The van der Waals surface area contributed by atoms with Gasteiger partial charge in [-0.3, -0.25) is 0 Å². The lowest BCUT2D eigenvalue weighted by Gasteiger charge is -2.12. The van der Waals surface area contributed by atoms with Crippen molar-refractivity contribution in [2.45, 2.75) is 0 Å². The molecule has 5 nitrogen and oxygen atoms in total. The maximum Gasteiger partial charge on any atom is 0.164 e. The summed E-state index contributed by atoms with van der Waals surface area (Å²) in [6.45, 7) is 0. The number of hydrogen-bond acceptors (Lipinski definition) is 5. The highest BCUT2D eigenvalue weighted by atomic mass is 16.3. The zero-order valence-corrected chi connectivity index (χ0v) is 27.7. The average molecular weight is 666 g/mol. The predicted octanol–water partition coefficient (Wildman–Crippen LogP) is 12.6. The van der Waals surface area contributed by atoms with Crippen LogP contribution in [0.3, 0.4) is 0 Å². The highest BCUT2D eigenvalue weighted by Crippen LogP contribution is 2.42. The number of fused-ring (bicyclic) bond motifs is 10. The Morgan fingerprint density at radius 1 is 0.308 bits per heavy atom. The predicted molar refractivity (Wildman–Crippen MR) is 211 cm³/mol. The van der Waals surface area contributed by atoms with Crippen molar-refractivity contribution in [2.24, 2.45) is 0 Å². The monoisotopic (exact) mass is 665 g/mol. The number of nitrogens with zero attached hydrogens (tertiary/aromatic N) is 3. The van der Waals surface area contributed by atoms with E-state index in [1.165, 1.54) is 0 Å². The van der Waals surface area contributed by atoms with Gasteiger partial charge < -0.3 is 8.83 Å². The van der Waals surface area contributed by atoms with Gasteiger partial charge in [0, 0.05) is 43.6 Å². The maximum atomic E-state index is 6.48. The van der Waals surface area contributed by atoms with E-state index >= 15 is 0 Å². The molecule has 0 saturated heterocycles. The minimum absolute atomic E-state index is 0.583. The van der Waals surface area contributed by atoms with Crippen molar-refractivity contribution in [3.63, 3.8) is 0 Å². The van der Waals surface area contributed by atoms with Crippen molar-refractivity contribution in [1.29, 1.82) is 0 Å². The summed E-state index contributed by atoms with van der Waals surface area (Å²) in [5.74, 6) is 1.78. The van der Waals surface area contributed by atoms with Gasteiger partial charge in [-0.2, -0.15) is 0 Å². The molecule has 0 amide bonds. The molecule has 0 saturated carbocycles. The number of hydrogen-bond donors (Lipinski definition) is 0. The largest absolute Gasteiger partial charge is 0.456 e. The third kappa shape index (κ3) is 4.46. The summed E-state index contributed by atoms with van der Waals surface area (Å²) < 4.78 is 12.8. The van der Waals surface area contributed by atoms with Crippen LogP contribution < -0.4 is 0 Å². The van der Waals surface area contributed by atoms with Crippen molar-refractivity contribution >= 4 is 65.4 Å². The van der Waals surface area contributed by atoms with E-state index in [9.17, 15) is 0 Å². The van der Waals surface area contributed by atoms with E-state index in [1.807, 2.05) is 66.7 Å². The van der Waals surface area contributed by atoms with E-state index in [1.54, 1.807) is 0 Å². The van der Waals surface area contributed by atoms with Crippen LogP contribution in [0.2, 0.25) is 0 Å². The number of rotatable bonds is 4. The minimum atomic E-state index is 0.583. The minimum Gasteiger partial charge on any atom is -0.456 e. The molecule has 3 aromatic heterocycles. The summed E-state index contributed by atoms with van der Waals surface area (Å²) in [5.41, 5.74) is 8.17. The normalized spacial score (nSPS) is 11.8. The smallest absolute Gasteiger partial charge is 0.164 e. The van der Waals surface area contributed by atoms with Crippen LogP contribution in [0.15, 0.2) is 173 Å². The molecule has 0 aliphatic rings. The molecule has 11 rings (SSSR count). The molecule has 0 aliphatic carbocycles. The molecule has 5 heteroatoms. The lowest BCUT2D eigenvalue weighted by atomic mass is 9.96.